The molecule has 0 aromatic heterocycles. The summed E-state index contributed by atoms with van der Waals surface area (Å²) in [5.74, 6) is -0.893. The number of ether oxygens (including phenoxy) is 7. The molecule has 8 nitrogen and oxygen atoms in total. The molecule has 0 radical (unpaired) electrons. The third kappa shape index (κ3) is 6.14. The summed E-state index contributed by atoms with van der Waals surface area (Å²) >= 11 is 0. The van der Waals surface area contributed by atoms with E-state index >= 15 is 0 Å². The van der Waals surface area contributed by atoms with Crippen LogP contribution in [0.4, 0.5) is 0 Å². The van der Waals surface area contributed by atoms with Crippen molar-refractivity contribution >= 4 is 5.97 Å². The summed E-state index contributed by atoms with van der Waals surface area (Å²) in [5, 5.41) is 0. The van der Waals surface area contributed by atoms with E-state index in [-0.39, 0.29) is 17.3 Å². The average molecular weight is 567 g/mol. The lowest BCUT2D eigenvalue weighted by molar-refractivity contribution is -0.387. The Hall–Kier alpha value is -0.770. The largest absolute Gasteiger partial charge is 0.459 e. The molecule has 230 valence electrons. The standard InChI is InChI=1S/C32H54O8/c1-23(2)16-25(27(3,4)5)26(33)38-28-17-24-18-29(20-28,39-31(34-6)8-12-36-13-9-31)22-30(19-24,21-28)40-32(35-7)10-14-37-15-11-32/h23-25H,8-22H2,1-7H3. The van der Waals surface area contributed by atoms with Crippen molar-refractivity contribution in [2.24, 2.45) is 23.2 Å². The van der Waals surface area contributed by atoms with Crippen molar-refractivity contribution in [1.82, 2.24) is 0 Å². The van der Waals surface area contributed by atoms with Crippen molar-refractivity contribution in [1.29, 1.82) is 0 Å². The molecule has 2 saturated heterocycles. The minimum Gasteiger partial charge on any atom is -0.459 e. The first kappa shape index (κ1) is 30.7. The summed E-state index contributed by atoms with van der Waals surface area (Å²) in [6.07, 6.45) is 8.41. The SMILES string of the molecule is COC1(OC23CC4CC(OC(=O)C(CC(C)C)C(C)(C)C)(C2)CC(OC2(OC)CCOCC2)(C4)C3)CCOCC1. The van der Waals surface area contributed by atoms with Crippen molar-refractivity contribution in [2.45, 2.75) is 134 Å². The zero-order valence-corrected chi connectivity index (χ0v) is 26.1. The molecule has 3 unspecified atom stereocenters. The summed E-state index contributed by atoms with van der Waals surface area (Å²) in [7, 11) is 3.49. The fourth-order valence-corrected chi connectivity index (χ4v) is 8.93. The lowest BCUT2D eigenvalue weighted by atomic mass is 9.50. The molecule has 6 rings (SSSR count). The Morgan fingerprint density at radius 1 is 0.775 bits per heavy atom. The topological polar surface area (TPSA) is 81.7 Å². The molecule has 0 N–H and O–H groups in total. The van der Waals surface area contributed by atoms with Gasteiger partial charge in [-0.1, -0.05) is 34.6 Å². The van der Waals surface area contributed by atoms with Gasteiger partial charge in [0, 0.05) is 59.2 Å². The van der Waals surface area contributed by atoms with Crippen LogP contribution in [0, 0.1) is 23.2 Å². The highest BCUT2D eigenvalue weighted by molar-refractivity contribution is 5.74. The van der Waals surface area contributed by atoms with Crippen molar-refractivity contribution in [3.63, 3.8) is 0 Å². The third-order valence-electron chi connectivity index (χ3n) is 10.3. The molecular weight excluding hydrogens is 512 g/mol. The van der Waals surface area contributed by atoms with Gasteiger partial charge in [0.2, 0.25) is 0 Å². The second-order valence-electron chi connectivity index (χ2n) is 15.2. The van der Waals surface area contributed by atoms with Crippen LogP contribution >= 0.6 is 0 Å². The van der Waals surface area contributed by atoms with E-state index in [0.29, 0.717) is 76.8 Å². The first-order valence-corrected chi connectivity index (χ1v) is 15.7. The van der Waals surface area contributed by atoms with E-state index in [1.807, 2.05) is 0 Å². The minimum absolute atomic E-state index is 0.0755. The van der Waals surface area contributed by atoms with Crippen molar-refractivity contribution in [3.05, 3.63) is 0 Å². The van der Waals surface area contributed by atoms with E-state index in [0.717, 1.165) is 32.1 Å². The van der Waals surface area contributed by atoms with Crippen molar-refractivity contribution < 1.29 is 38.0 Å². The Morgan fingerprint density at radius 2 is 1.20 bits per heavy atom. The molecule has 2 heterocycles. The maximum atomic E-state index is 14.1. The summed E-state index contributed by atoms with van der Waals surface area (Å²) in [6, 6.07) is 0. The molecule has 4 bridgehead atoms. The van der Waals surface area contributed by atoms with E-state index in [2.05, 4.69) is 34.6 Å². The Morgan fingerprint density at radius 3 is 1.60 bits per heavy atom. The Bertz CT molecular complexity index is 853. The molecule has 4 saturated carbocycles. The van der Waals surface area contributed by atoms with E-state index in [1.54, 1.807) is 14.2 Å². The molecule has 8 heteroatoms. The van der Waals surface area contributed by atoms with Gasteiger partial charge in [0.05, 0.1) is 43.5 Å². The van der Waals surface area contributed by atoms with Crippen LogP contribution in [0.25, 0.3) is 0 Å². The number of rotatable bonds is 10. The van der Waals surface area contributed by atoms with Crippen LogP contribution < -0.4 is 0 Å². The van der Waals surface area contributed by atoms with Crippen molar-refractivity contribution in [3.8, 4) is 0 Å². The van der Waals surface area contributed by atoms with Gasteiger partial charge in [-0.3, -0.25) is 4.79 Å². The maximum Gasteiger partial charge on any atom is 0.310 e. The molecule has 0 amide bonds. The molecule has 40 heavy (non-hydrogen) atoms. The number of carbonyl (C=O) groups excluding carboxylic acids is 1. The van der Waals surface area contributed by atoms with E-state index in [1.165, 1.54) is 0 Å². The number of methoxy groups -OCH3 is 2. The molecule has 6 fully saturated rings. The van der Waals surface area contributed by atoms with Crippen LogP contribution in [-0.2, 0) is 38.0 Å². The molecule has 2 aliphatic heterocycles. The van der Waals surface area contributed by atoms with Gasteiger partial charge >= 0.3 is 5.97 Å². The van der Waals surface area contributed by atoms with Crippen LogP contribution in [-0.4, -0.2) is 75.0 Å². The second-order valence-corrected chi connectivity index (χ2v) is 15.2. The smallest absolute Gasteiger partial charge is 0.310 e. The highest BCUT2D eigenvalue weighted by atomic mass is 16.7. The van der Waals surface area contributed by atoms with Gasteiger partial charge in [-0.2, -0.15) is 0 Å². The molecular formula is C32H54O8. The molecule has 3 atom stereocenters. The van der Waals surface area contributed by atoms with Crippen LogP contribution in [0.3, 0.4) is 0 Å². The minimum atomic E-state index is -0.695. The van der Waals surface area contributed by atoms with E-state index in [4.69, 9.17) is 33.2 Å². The molecule has 0 spiro atoms. The van der Waals surface area contributed by atoms with Gasteiger partial charge in [-0.25, -0.2) is 0 Å². The molecule has 0 aromatic carbocycles. The summed E-state index contributed by atoms with van der Waals surface area (Å²) in [6.45, 7) is 13.3. The van der Waals surface area contributed by atoms with Gasteiger partial charge in [0.1, 0.15) is 5.60 Å². The van der Waals surface area contributed by atoms with Gasteiger partial charge in [0.15, 0.2) is 11.6 Å². The number of carbonyl (C=O) groups is 1. The summed E-state index contributed by atoms with van der Waals surface area (Å²) in [5.41, 5.74) is -1.81. The third-order valence-corrected chi connectivity index (χ3v) is 10.3. The van der Waals surface area contributed by atoms with Gasteiger partial charge in [-0.05, 0) is 42.9 Å². The number of esters is 1. The van der Waals surface area contributed by atoms with Crippen LogP contribution in [0.2, 0.25) is 0 Å². The molecule has 6 aliphatic rings. The monoisotopic (exact) mass is 566 g/mol. The van der Waals surface area contributed by atoms with Crippen LogP contribution in [0.5, 0.6) is 0 Å². The number of hydrogen-bond donors (Lipinski definition) is 0. The Labute approximate surface area is 241 Å². The van der Waals surface area contributed by atoms with E-state index in [9.17, 15) is 4.79 Å². The first-order chi connectivity index (χ1) is 18.8. The van der Waals surface area contributed by atoms with Gasteiger partial charge < -0.3 is 33.2 Å². The zero-order valence-electron chi connectivity index (χ0n) is 26.1. The molecule has 0 aromatic rings. The fourth-order valence-electron chi connectivity index (χ4n) is 8.93. The predicted molar refractivity (Wildman–Crippen MR) is 150 cm³/mol. The lowest BCUT2D eigenvalue weighted by Gasteiger charge is -2.67. The Kier molecular flexibility index (Phi) is 8.48. The summed E-state index contributed by atoms with van der Waals surface area (Å²) in [4.78, 5) is 14.1. The lowest BCUT2D eigenvalue weighted by Crippen LogP contribution is -2.71. The quantitative estimate of drug-likeness (QED) is 0.243. The maximum absolute atomic E-state index is 14.1. The second kappa shape index (κ2) is 11.1. The highest BCUT2D eigenvalue weighted by Gasteiger charge is 2.69. The summed E-state index contributed by atoms with van der Waals surface area (Å²) < 4.78 is 44.6. The highest BCUT2D eigenvalue weighted by Crippen LogP contribution is 2.65. The predicted octanol–water partition coefficient (Wildman–Crippen LogP) is 5.79. The number of hydrogen-bond acceptors (Lipinski definition) is 8. The van der Waals surface area contributed by atoms with Crippen LogP contribution in [0.15, 0.2) is 0 Å². The normalized spacial score (nSPS) is 37.5. The van der Waals surface area contributed by atoms with Crippen LogP contribution in [0.1, 0.15) is 105 Å². The average Bonchev–Trinajstić information content (AvgIpc) is 2.86. The van der Waals surface area contributed by atoms with E-state index < -0.39 is 28.4 Å². The van der Waals surface area contributed by atoms with Crippen molar-refractivity contribution in [2.75, 3.05) is 40.6 Å². The van der Waals surface area contributed by atoms with Gasteiger partial charge in [0.25, 0.3) is 0 Å². The first-order valence-electron chi connectivity index (χ1n) is 15.7. The van der Waals surface area contributed by atoms with Gasteiger partial charge in [-0.15, -0.1) is 0 Å². The zero-order chi connectivity index (χ0) is 28.9. The fraction of sp³-hybridized carbons (Fsp3) is 0.969. The Balaban J connectivity index is 1.49. The molecule has 4 aliphatic carbocycles.